The molecule has 7 nitrogen and oxygen atoms in total. The van der Waals surface area contributed by atoms with Gasteiger partial charge in [-0.3, -0.25) is 4.57 Å². The molecule has 2 aliphatic rings. The molecule has 0 bridgehead atoms. The van der Waals surface area contributed by atoms with Crippen LogP contribution in [0.4, 0.5) is 5.69 Å². The Morgan fingerprint density at radius 3 is 2.96 bits per heavy atom. The van der Waals surface area contributed by atoms with Crippen molar-refractivity contribution in [2.24, 2.45) is 0 Å². The molecule has 1 fully saturated rings. The predicted octanol–water partition coefficient (Wildman–Crippen LogP) is 2.64. The molecule has 1 atom stereocenters. The molecule has 0 aliphatic carbocycles. The molecule has 0 saturated carbocycles. The Labute approximate surface area is 139 Å². The van der Waals surface area contributed by atoms with Crippen LogP contribution >= 0.6 is 0 Å². The maximum atomic E-state index is 9.36. The van der Waals surface area contributed by atoms with Gasteiger partial charge in [-0.25, -0.2) is 0 Å². The van der Waals surface area contributed by atoms with Crippen molar-refractivity contribution in [1.29, 1.82) is 5.26 Å². The van der Waals surface area contributed by atoms with Crippen molar-refractivity contribution in [1.82, 2.24) is 4.57 Å². The number of hydrogen-bond acceptors (Lipinski definition) is 6. The number of fused-ring (bicyclic) bond motifs is 1. The van der Waals surface area contributed by atoms with Crippen LogP contribution in [-0.4, -0.2) is 24.1 Å². The van der Waals surface area contributed by atoms with Crippen LogP contribution in [0.2, 0.25) is 0 Å². The molecule has 0 radical (unpaired) electrons. The molecule has 2 aromatic rings. The van der Waals surface area contributed by atoms with Gasteiger partial charge in [0.2, 0.25) is 12.7 Å². The van der Waals surface area contributed by atoms with Crippen molar-refractivity contribution in [2.75, 3.05) is 19.1 Å². The van der Waals surface area contributed by atoms with Crippen molar-refractivity contribution in [3.8, 4) is 29.2 Å². The number of benzene rings is 1. The molecule has 0 amide bonds. The standard InChI is InChI=1S/C17H17N3O4/c18-8-11-6-14(19)17(20(11)9-13-2-1-5-21-13)24-12-3-4-15-16(7-12)23-10-22-15/h3-4,6-7,13H,1-2,5,9-10,19H2/t13-/m0/s1. The molecule has 124 valence electrons. The first-order chi connectivity index (χ1) is 11.7. The quantitative estimate of drug-likeness (QED) is 0.928. The first-order valence-corrected chi connectivity index (χ1v) is 7.83. The summed E-state index contributed by atoms with van der Waals surface area (Å²) in [5.74, 6) is 2.33. The van der Waals surface area contributed by atoms with Gasteiger partial charge in [-0.2, -0.15) is 5.26 Å². The zero-order valence-electron chi connectivity index (χ0n) is 13.0. The summed E-state index contributed by atoms with van der Waals surface area (Å²) in [5, 5.41) is 9.36. The number of aromatic nitrogens is 1. The molecule has 1 saturated heterocycles. The largest absolute Gasteiger partial charge is 0.454 e. The third-order valence-corrected chi connectivity index (χ3v) is 4.16. The topological polar surface area (TPSA) is 91.7 Å². The molecule has 0 unspecified atom stereocenters. The number of anilines is 1. The van der Waals surface area contributed by atoms with E-state index in [0.717, 1.165) is 19.4 Å². The molecule has 2 aliphatic heterocycles. The SMILES string of the molecule is N#Cc1cc(N)c(Oc2ccc3c(c2)OCO3)n1C[C@@H]1CCCO1. The normalized spacial score (nSPS) is 18.5. The lowest BCUT2D eigenvalue weighted by Crippen LogP contribution is -2.16. The van der Waals surface area contributed by atoms with Gasteiger partial charge in [-0.05, 0) is 25.0 Å². The van der Waals surface area contributed by atoms with Crippen molar-refractivity contribution in [2.45, 2.75) is 25.5 Å². The molecular weight excluding hydrogens is 310 g/mol. The summed E-state index contributed by atoms with van der Waals surface area (Å²) >= 11 is 0. The minimum atomic E-state index is 0.0722. The second-order valence-electron chi connectivity index (χ2n) is 5.76. The van der Waals surface area contributed by atoms with Gasteiger partial charge in [-0.15, -0.1) is 0 Å². The zero-order valence-corrected chi connectivity index (χ0v) is 13.0. The average molecular weight is 327 g/mol. The van der Waals surface area contributed by atoms with Gasteiger partial charge in [0.05, 0.1) is 18.3 Å². The summed E-state index contributed by atoms with van der Waals surface area (Å²) in [6.45, 7) is 1.50. The maximum absolute atomic E-state index is 9.36. The number of rotatable bonds is 4. The monoisotopic (exact) mass is 327 g/mol. The Morgan fingerprint density at radius 2 is 2.17 bits per heavy atom. The summed E-state index contributed by atoms with van der Waals surface area (Å²) in [7, 11) is 0. The maximum Gasteiger partial charge on any atom is 0.231 e. The van der Waals surface area contributed by atoms with E-state index >= 15 is 0 Å². The fourth-order valence-corrected chi connectivity index (χ4v) is 2.98. The number of hydrogen-bond donors (Lipinski definition) is 1. The Hall–Kier alpha value is -2.85. The predicted molar refractivity (Wildman–Crippen MR) is 85.2 cm³/mol. The van der Waals surface area contributed by atoms with E-state index in [1.807, 2.05) is 0 Å². The lowest BCUT2D eigenvalue weighted by atomic mass is 10.2. The Kier molecular flexibility index (Phi) is 3.67. The molecule has 2 N–H and O–H groups in total. The molecule has 24 heavy (non-hydrogen) atoms. The van der Waals surface area contributed by atoms with Crippen LogP contribution in [0.15, 0.2) is 24.3 Å². The van der Waals surface area contributed by atoms with E-state index in [1.165, 1.54) is 0 Å². The van der Waals surface area contributed by atoms with E-state index in [2.05, 4.69) is 6.07 Å². The van der Waals surface area contributed by atoms with Gasteiger partial charge in [0, 0.05) is 18.7 Å². The minimum Gasteiger partial charge on any atom is -0.454 e. The van der Waals surface area contributed by atoms with E-state index < -0.39 is 0 Å². The zero-order chi connectivity index (χ0) is 16.5. The molecule has 3 heterocycles. The van der Waals surface area contributed by atoms with Crippen LogP contribution in [0, 0.1) is 11.3 Å². The van der Waals surface area contributed by atoms with Crippen molar-refractivity contribution in [3.63, 3.8) is 0 Å². The van der Waals surface area contributed by atoms with Crippen LogP contribution in [0.25, 0.3) is 0 Å². The van der Waals surface area contributed by atoms with Gasteiger partial charge in [0.15, 0.2) is 11.5 Å². The van der Waals surface area contributed by atoms with Gasteiger partial charge >= 0.3 is 0 Å². The summed E-state index contributed by atoms with van der Waals surface area (Å²) in [5.41, 5.74) is 6.93. The second-order valence-corrected chi connectivity index (χ2v) is 5.76. The van der Waals surface area contributed by atoms with Crippen LogP contribution in [-0.2, 0) is 11.3 Å². The fourth-order valence-electron chi connectivity index (χ4n) is 2.98. The highest BCUT2D eigenvalue weighted by atomic mass is 16.7. The summed E-state index contributed by atoms with van der Waals surface area (Å²) in [4.78, 5) is 0. The lowest BCUT2D eigenvalue weighted by molar-refractivity contribution is 0.0952. The second kappa shape index (κ2) is 5.98. The van der Waals surface area contributed by atoms with Crippen LogP contribution < -0.4 is 19.9 Å². The lowest BCUT2D eigenvalue weighted by Gasteiger charge is -2.16. The van der Waals surface area contributed by atoms with Crippen molar-refractivity contribution < 1.29 is 18.9 Å². The average Bonchev–Trinajstić information content (AvgIpc) is 3.31. The van der Waals surface area contributed by atoms with E-state index in [4.69, 9.17) is 24.7 Å². The number of nitriles is 1. The van der Waals surface area contributed by atoms with E-state index in [-0.39, 0.29) is 12.9 Å². The van der Waals surface area contributed by atoms with Gasteiger partial charge < -0.3 is 24.7 Å². The molecule has 1 aromatic heterocycles. The third kappa shape index (κ3) is 2.61. The molecular formula is C17H17N3O4. The Bertz CT molecular complexity index is 803. The molecule has 1 aromatic carbocycles. The third-order valence-electron chi connectivity index (χ3n) is 4.16. The van der Waals surface area contributed by atoms with Gasteiger partial charge in [0.1, 0.15) is 17.5 Å². The number of nitrogens with two attached hydrogens (primary N) is 1. The summed E-state index contributed by atoms with van der Waals surface area (Å²) in [6.07, 6.45) is 2.07. The number of ether oxygens (including phenoxy) is 4. The van der Waals surface area contributed by atoms with E-state index in [1.54, 1.807) is 28.8 Å². The number of nitrogens with zero attached hydrogens (tertiary/aromatic N) is 2. The van der Waals surface area contributed by atoms with Gasteiger partial charge in [-0.1, -0.05) is 0 Å². The van der Waals surface area contributed by atoms with E-state index in [9.17, 15) is 5.26 Å². The van der Waals surface area contributed by atoms with Crippen LogP contribution in [0.5, 0.6) is 23.1 Å². The van der Waals surface area contributed by atoms with Crippen LogP contribution in [0.3, 0.4) is 0 Å². The van der Waals surface area contributed by atoms with Gasteiger partial charge in [0.25, 0.3) is 0 Å². The highest BCUT2D eigenvalue weighted by molar-refractivity contribution is 5.57. The highest BCUT2D eigenvalue weighted by Gasteiger charge is 2.23. The summed E-state index contributed by atoms with van der Waals surface area (Å²) in [6, 6.07) is 9.09. The Morgan fingerprint density at radius 1 is 1.29 bits per heavy atom. The fraction of sp³-hybridized carbons (Fsp3) is 0.353. The van der Waals surface area contributed by atoms with E-state index in [0.29, 0.717) is 41.1 Å². The van der Waals surface area contributed by atoms with Crippen molar-refractivity contribution >= 4 is 5.69 Å². The number of nitrogen functional groups attached to an aromatic ring is 1. The molecule has 4 rings (SSSR count). The first-order valence-electron chi connectivity index (χ1n) is 7.83. The first kappa shape index (κ1) is 14.7. The smallest absolute Gasteiger partial charge is 0.231 e. The molecule has 7 heteroatoms. The summed E-state index contributed by atoms with van der Waals surface area (Å²) < 4.78 is 24.0. The minimum absolute atomic E-state index is 0.0722. The Balaban J connectivity index is 1.64. The van der Waals surface area contributed by atoms with Crippen LogP contribution in [0.1, 0.15) is 18.5 Å². The van der Waals surface area contributed by atoms with Crippen molar-refractivity contribution in [3.05, 3.63) is 30.0 Å². The highest BCUT2D eigenvalue weighted by Crippen LogP contribution is 2.38. The molecule has 0 spiro atoms.